The van der Waals surface area contributed by atoms with Crippen molar-refractivity contribution in [3.05, 3.63) is 28.8 Å². The fraction of sp³-hybridized carbons (Fsp3) is 0.455. The van der Waals surface area contributed by atoms with Crippen molar-refractivity contribution in [2.24, 2.45) is 0 Å². The lowest BCUT2D eigenvalue weighted by molar-refractivity contribution is 0.335. The van der Waals surface area contributed by atoms with E-state index in [0.717, 1.165) is 5.75 Å². The first kappa shape index (κ1) is 6.53. The maximum atomic E-state index is 7.39. The average Bonchev–Trinajstić information content (AvgIpc) is 2.47. The third-order valence-electron chi connectivity index (χ3n) is 2.32. The summed E-state index contributed by atoms with van der Waals surface area (Å²) in [4.78, 5) is 0. The van der Waals surface area contributed by atoms with Crippen molar-refractivity contribution in [3.8, 4) is 5.75 Å². The Morgan fingerprint density at radius 2 is 2.33 bits per heavy atom. The van der Waals surface area contributed by atoms with Crippen molar-refractivity contribution < 1.29 is 6.11 Å². The molecule has 0 bridgehead atoms. The molecule has 12 heavy (non-hydrogen) atoms. The lowest BCUT2D eigenvalue weighted by Gasteiger charge is -2.05. The Labute approximate surface area is 74.8 Å². The number of fused-ring (bicyclic) bond motifs is 1. The minimum absolute atomic E-state index is 0.286. The number of ether oxygens (including phenoxy) is 1. The summed E-state index contributed by atoms with van der Waals surface area (Å²) in [6.07, 6.45) is 0. The zero-order valence-electron chi connectivity index (χ0n) is 8.55. The van der Waals surface area contributed by atoms with Crippen LogP contribution >= 0.6 is 0 Å². The largest absolute Gasteiger partial charge is 0.492 e. The number of aryl methyl sites for hydroxylation is 2. The van der Waals surface area contributed by atoms with E-state index in [-0.39, 0.29) is 5.92 Å². The highest BCUT2D eigenvalue weighted by molar-refractivity contribution is 5.47. The van der Waals surface area contributed by atoms with Gasteiger partial charge in [0.1, 0.15) is 5.75 Å². The van der Waals surface area contributed by atoms with E-state index in [9.17, 15) is 0 Å². The van der Waals surface area contributed by atoms with Crippen LogP contribution < -0.4 is 4.74 Å². The number of benzene rings is 1. The van der Waals surface area contributed by atoms with Crippen LogP contribution in [0, 0.1) is 13.8 Å². The summed E-state index contributed by atoms with van der Waals surface area (Å²) in [6.45, 7) is 5.27. The van der Waals surface area contributed by atoms with Crippen molar-refractivity contribution in [1.29, 1.82) is 0 Å². The second kappa shape index (κ2) is 2.51. The van der Waals surface area contributed by atoms with Gasteiger partial charge in [-0.3, -0.25) is 0 Å². The van der Waals surface area contributed by atoms with Crippen molar-refractivity contribution in [1.82, 2.24) is 0 Å². The van der Waals surface area contributed by atoms with Gasteiger partial charge in [0, 0.05) is 12.9 Å². The molecule has 1 aliphatic heterocycles. The Hall–Kier alpha value is -0.980. The zero-order valence-corrected chi connectivity index (χ0v) is 7.55. The molecule has 2 rings (SSSR count). The summed E-state index contributed by atoms with van der Waals surface area (Å²) in [7, 11) is 0. The SMILES string of the molecule is [2H]C[C@H]1COc2c(C)cc(C)cc21. The maximum absolute atomic E-state index is 7.39. The summed E-state index contributed by atoms with van der Waals surface area (Å²) < 4.78 is 13.0. The quantitative estimate of drug-likeness (QED) is 0.571. The smallest absolute Gasteiger partial charge is 0.125 e. The van der Waals surface area contributed by atoms with Gasteiger partial charge < -0.3 is 4.74 Å². The molecule has 0 fully saturated rings. The molecule has 0 spiro atoms. The standard InChI is InChI=1S/C11H14O/c1-7-4-8(2)11-10(5-7)9(3)6-12-11/h4-5,9H,6H2,1-3H3/t9-/m0/s1/i3D. The van der Waals surface area contributed by atoms with Crippen molar-refractivity contribution in [2.75, 3.05) is 6.61 Å². The lowest BCUT2D eigenvalue weighted by Crippen LogP contribution is -1.93. The molecule has 0 saturated heterocycles. The Balaban J connectivity index is 2.51. The normalized spacial score (nSPS) is 21.5. The van der Waals surface area contributed by atoms with Crippen molar-refractivity contribution >= 4 is 0 Å². The minimum atomic E-state index is 0.286. The fourth-order valence-electron chi connectivity index (χ4n) is 1.76. The Kier molecular flexibility index (Phi) is 1.37. The Morgan fingerprint density at radius 3 is 3.08 bits per heavy atom. The third kappa shape index (κ3) is 1.01. The summed E-state index contributed by atoms with van der Waals surface area (Å²) in [5.74, 6) is 1.30. The molecule has 1 aromatic carbocycles. The van der Waals surface area contributed by atoms with Gasteiger partial charge in [-0.05, 0) is 19.4 Å². The first-order valence-electron chi connectivity index (χ1n) is 4.96. The van der Waals surface area contributed by atoms with E-state index in [1.165, 1.54) is 16.7 Å². The van der Waals surface area contributed by atoms with Crippen LogP contribution in [0.3, 0.4) is 0 Å². The molecule has 1 aliphatic rings. The van der Waals surface area contributed by atoms with Gasteiger partial charge in [-0.2, -0.15) is 0 Å². The van der Waals surface area contributed by atoms with E-state index >= 15 is 0 Å². The molecule has 1 aromatic rings. The third-order valence-corrected chi connectivity index (χ3v) is 2.32. The van der Waals surface area contributed by atoms with Gasteiger partial charge in [0.05, 0.1) is 6.61 Å². The van der Waals surface area contributed by atoms with Crippen LogP contribution in [-0.2, 0) is 0 Å². The van der Waals surface area contributed by atoms with Crippen LogP contribution in [-0.4, -0.2) is 6.61 Å². The topological polar surface area (TPSA) is 9.23 Å². The van der Waals surface area contributed by atoms with Gasteiger partial charge in [-0.1, -0.05) is 24.6 Å². The second-order valence-electron chi connectivity index (χ2n) is 3.51. The second-order valence-corrected chi connectivity index (χ2v) is 3.51. The first-order valence-corrected chi connectivity index (χ1v) is 4.25. The van der Waals surface area contributed by atoms with E-state index in [1.807, 2.05) is 0 Å². The molecule has 0 radical (unpaired) electrons. The molecule has 64 valence electrons. The highest BCUT2D eigenvalue weighted by Gasteiger charge is 2.21. The van der Waals surface area contributed by atoms with Gasteiger partial charge in [0.15, 0.2) is 0 Å². The number of hydrogen-bond donors (Lipinski definition) is 0. The highest BCUT2D eigenvalue weighted by atomic mass is 16.5. The van der Waals surface area contributed by atoms with Crippen LogP contribution in [0.5, 0.6) is 5.75 Å². The van der Waals surface area contributed by atoms with E-state index < -0.39 is 0 Å². The maximum Gasteiger partial charge on any atom is 0.125 e. The molecule has 0 amide bonds. The predicted octanol–water partition coefficient (Wildman–Crippen LogP) is 2.80. The fourth-order valence-corrected chi connectivity index (χ4v) is 1.76. The van der Waals surface area contributed by atoms with Crippen LogP contribution in [0.25, 0.3) is 0 Å². The molecule has 0 aliphatic carbocycles. The van der Waals surface area contributed by atoms with Crippen molar-refractivity contribution in [3.63, 3.8) is 0 Å². The molecule has 0 unspecified atom stereocenters. The molecule has 1 heterocycles. The predicted molar refractivity (Wildman–Crippen MR) is 49.8 cm³/mol. The summed E-state index contributed by atoms with van der Waals surface area (Å²) in [5.41, 5.74) is 3.69. The van der Waals surface area contributed by atoms with Gasteiger partial charge in [-0.25, -0.2) is 0 Å². The molecular formula is C11H14O. The van der Waals surface area contributed by atoms with E-state index in [1.54, 1.807) is 0 Å². The highest BCUT2D eigenvalue weighted by Crippen LogP contribution is 2.36. The molecule has 1 atom stereocenters. The van der Waals surface area contributed by atoms with Crippen LogP contribution in [0.4, 0.5) is 0 Å². The van der Waals surface area contributed by atoms with E-state index in [4.69, 9.17) is 6.11 Å². The molecule has 1 heteroatoms. The molecule has 0 aromatic heterocycles. The van der Waals surface area contributed by atoms with Gasteiger partial charge in [-0.15, -0.1) is 0 Å². The lowest BCUT2D eigenvalue weighted by atomic mass is 9.99. The average molecular weight is 163 g/mol. The molecular weight excluding hydrogens is 148 g/mol. The van der Waals surface area contributed by atoms with Crippen LogP contribution in [0.2, 0.25) is 0 Å². The first-order chi connectivity index (χ1) is 6.22. The summed E-state index contributed by atoms with van der Waals surface area (Å²) in [6, 6.07) is 4.28. The van der Waals surface area contributed by atoms with E-state index in [0.29, 0.717) is 13.5 Å². The van der Waals surface area contributed by atoms with Crippen LogP contribution in [0.1, 0.15) is 30.9 Å². The van der Waals surface area contributed by atoms with Crippen LogP contribution in [0.15, 0.2) is 12.1 Å². The zero-order chi connectivity index (χ0) is 9.42. The van der Waals surface area contributed by atoms with Crippen molar-refractivity contribution in [2.45, 2.75) is 26.7 Å². The number of rotatable bonds is 0. The minimum Gasteiger partial charge on any atom is -0.492 e. The number of hydrogen-bond acceptors (Lipinski definition) is 1. The van der Waals surface area contributed by atoms with E-state index in [2.05, 4.69) is 26.0 Å². The molecule has 1 nitrogen and oxygen atoms in total. The van der Waals surface area contributed by atoms with Gasteiger partial charge in [0.25, 0.3) is 0 Å². The Bertz CT molecular complexity index is 333. The summed E-state index contributed by atoms with van der Waals surface area (Å²) >= 11 is 0. The molecule has 0 saturated carbocycles. The summed E-state index contributed by atoms with van der Waals surface area (Å²) in [5, 5.41) is 0. The van der Waals surface area contributed by atoms with Gasteiger partial charge in [0.2, 0.25) is 0 Å². The monoisotopic (exact) mass is 163 g/mol. The van der Waals surface area contributed by atoms with Gasteiger partial charge >= 0.3 is 0 Å². The Morgan fingerprint density at radius 1 is 1.50 bits per heavy atom. The molecule has 0 N–H and O–H groups in total.